The van der Waals surface area contributed by atoms with Gasteiger partial charge in [0.05, 0.1) is 20.3 Å². The maximum Gasteiger partial charge on any atom is 0.269 e. The van der Waals surface area contributed by atoms with E-state index in [0.717, 1.165) is 24.5 Å². The highest BCUT2D eigenvalue weighted by Crippen LogP contribution is 2.52. The molecule has 0 bridgehead atoms. The van der Waals surface area contributed by atoms with Gasteiger partial charge in [0.25, 0.3) is 5.91 Å². The van der Waals surface area contributed by atoms with E-state index in [1.54, 1.807) is 20.2 Å². The highest BCUT2D eigenvalue weighted by Gasteiger charge is 2.54. The fraction of sp³-hybridized carbons (Fsp3) is 0.409. The summed E-state index contributed by atoms with van der Waals surface area (Å²) in [5, 5.41) is 2.59. The summed E-state index contributed by atoms with van der Waals surface area (Å²) in [7, 11) is 3.18. The molecule has 146 valence electrons. The van der Waals surface area contributed by atoms with Crippen molar-refractivity contribution in [2.45, 2.75) is 12.8 Å². The molecule has 1 aliphatic heterocycles. The van der Waals surface area contributed by atoms with E-state index >= 15 is 0 Å². The molecule has 1 saturated carbocycles. The van der Waals surface area contributed by atoms with Gasteiger partial charge in [0.15, 0.2) is 5.78 Å². The van der Waals surface area contributed by atoms with E-state index in [0.29, 0.717) is 41.9 Å². The average molecular weight is 380 g/mol. The first-order valence-electron chi connectivity index (χ1n) is 9.56. The third kappa shape index (κ3) is 3.78. The number of ether oxygens (including phenoxy) is 2. The van der Waals surface area contributed by atoms with Gasteiger partial charge in [-0.3, -0.25) is 9.59 Å². The number of fused-ring (bicyclic) bond motifs is 1. The van der Waals surface area contributed by atoms with Crippen molar-refractivity contribution in [1.29, 1.82) is 0 Å². The maximum absolute atomic E-state index is 12.9. The Morgan fingerprint density at radius 3 is 2.71 bits per heavy atom. The van der Waals surface area contributed by atoms with Crippen molar-refractivity contribution in [3.8, 4) is 5.75 Å². The smallest absolute Gasteiger partial charge is 0.269 e. The number of methoxy groups -OCH3 is 1. The van der Waals surface area contributed by atoms with E-state index in [1.165, 1.54) is 0 Å². The number of rotatable bonds is 7. The molecule has 1 aromatic heterocycles. The average Bonchev–Trinajstić information content (AvgIpc) is 3.13. The second kappa shape index (κ2) is 7.72. The zero-order valence-corrected chi connectivity index (χ0v) is 16.1. The molecule has 1 saturated heterocycles. The number of nitrogens with one attached hydrogen (secondary N) is 1. The van der Waals surface area contributed by atoms with Crippen LogP contribution in [0.1, 0.15) is 38.5 Å². The third-order valence-corrected chi connectivity index (χ3v) is 5.73. The van der Waals surface area contributed by atoms with E-state index in [9.17, 15) is 9.59 Å². The van der Waals surface area contributed by atoms with Gasteiger partial charge >= 0.3 is 0 Å². The minimum Gasteiger partial charge on any atom is -0.497 e. The number of carbonyl (C=O) groups is 2. The zero-order chi connectivity index (χ0) is 19.7. The van der Waals surface area contributed by atoms with E-state index in [-0.39, 0.29) is 17.4 Å². The predicted molar refractivity (Wildman–Crippen MR) is 104 cm³/mol. The molecule has 28 heavy (non-hydrogen) atoms. The lowest BCUT2D eigenvalue weighted by molar-refractivity contribution is 0.0950. The van der Waals surface area contributed by atoms with Crippen molar-refractivity contribution in [2.24, 2.45) is 17.8 Å². The first-order chi connectivity index (χ1) is 13.6. The van der Waals surface area contributed by atoms with E-state index in [2.05, 4.69) is 10.3 Å². The minimum absolute atomic E-state index is 0.0684. The molecule has 1 aromatic carbocycles. The molecule has 0 spiro atoms. The van der Waals surface area contributed by atoms with E-state index < -0.39 is 0 Å². The number of nitrogens with zero attached hydrogens (tertiary/aromatic N) is 1. The lowest BCUT2D eigenvalue weighted by Gasteiger charge is -2.10. The van der Waals surface area contributed by atoms with Gasteiger partial charge in [-0.2, -0.15) is 0 Å². The summed E-state index contributed by atoms with van der Waals surface area (Å²) in [5.74, 6) is 2.01. The highest BCUT2D eigenvalue weighted by molar-refractivity contribution is 6.00. The van der Waals surface area contributed by atoms with Gasteiger partial charge in [0, 0.05) is 31.1 Å². The number of hydrogen-bond acceptors (Lipinski definition) is 5. The fourth-order valence-electron chi connectivity index (χ4n) is 4.07. The Balaban J connectivity index is 1.57. The summed E-state index contributed by atoms with van der Waals surface area (Å²) in [6.07, 6.45) is 1.03. The molecule has 2 heterocycles. The number of carbonyl (C=O) groups excluding carboxylic acids is 2. The molecule has 2 aliphatic rings. The standard InChI is InChI=1S/C22H24N2O4/c1-23-22(26)20-9-14(21(25)10-17-18-11-28-12-19(17)18)8-15(24-20)6-13-4-3-5-16(7-13)27-2/h3-5,7-9,17-19H,6,10-12H2,1-2H3,(H,23,26)/t17?,18-,19+. The Hall–Kier alpha value is -2.73. The van der Waals surface area contributed by atoms with Crippen LogP contribution in [0.4, 0.5) is 0 Å². The molecule has 1 aliphatic carbocycles. The minimum atomic E-state index is -0.293. The van der Waals surface area contributed by atoms with Crippen LogP contribution in [0.3, 0.4) is 0 Å². The Labute approximate surface area is 164 Å². The fourth-order valence-corrected chi connectivity index (χ4v) is 4.07. The van der Waals surface area contributed by atoms with Crippen LogP contribution in [0, 0.1) is 17.8 Å². The van der Waals surface area contributed by atoms with Crippen LogP contribution in [-0.2, 0) is 11.2 Å². The van der Waals surface area contributed by atoms with Crippen LogP contribution in [0.25, 0.3) is 0 Å². The van der Waals surface area contributed by atoms with Crippen LogP contribution in [0.5, 0.6) is 5.75 Å². The number of benzene rings is 1. The van der Waals surface area contributed by atoms with Crippen molar-refractivity contribution in [1.82, 2.24) is 10.3 Å². The van der Waals surface area contributed by atoms with Crippen molar-refractivity contribution in [2.75, 3.05) is 27.4 Å². The topological polar surface area (TPSA) is 77.5 Å². The number of amides is 1. The molecule has 6 nitrogen and oxygen atoms in total. The van der Waals surface area contributed by atoms with Crippen LogP contribution in [-0.4, -0.2) is 44.0 Å². The summed E-state index contributed by atoms with van der Waals surface area (Å²) < 4.78 is 10.7. The zero-order valence-electron chi connectivity index (χ0n) is 16.1. The second-order valence-corrected chi connectivity index (χ2v) is 7.50. The third-order valence-electron chi connectivity index (χ3n) is 5.73. The second-order valence-electron chi connectivity index (χ2n) is 7.50. The van der Waals surface area contributed by atoms with Crippen molar-refractivity contribution >= 4 is 11.7 Å². The molecule has 3 atom stereocenters. The lowest BCUT2D eigenvalue weighted by atomic mass is 10.0. The number of ketones is 1. The lowest BCUT2D eigenvalue weighted by Crippen LogP contribution is -2.21. The van der Waals surface area contributed by atoms with E-state index in [4.69, 9.17) is 9.47 Å². The molecule has 6 heteroatoms. The number of Topliss-reactive ketones (excluding diaryl/α,β-unsaturated/α-hetero) is 1. The van der Waals surface area contributed by atoms with Gasteiger partial charge < -0.3 is 14.8 Å². The van der Waals surface area contributed by atoms with Gasteiger partial charge in [-0.1, -0.05) is 12.1 Å². The van der Waals surface area contributed by atoms with Crippen LogP contribution < -0.4 is 10.1 Å². The predicted octanol–water partition coefficient (Wildman–Crippen LogP) is 2.51. The Kier molecular flexibility index (Phi) is 5.13. The molecule has 2 fully saturated rings. The molecule has 1 amide bonds. The molecule has 2 aromatic rings. The van der Waals surface area contributed by atoms with Crippen LogP contribution >= 0.6 is 0 Å². The monoisotopic (exact) mass is 380 g/mol. The van der Waals surface area contributed by atoms with E-state index in [1.807, 2.05) is 30.3 Å². The Morgan fingerprint density at radius 2 is 2.00 bits per heavy atom. The van der Waals surface area contributed by atoms with Crippen molar-refractivity contribution in [3.05, 3.63) is 58.9 Å². The first-order valence-corrected chi connectivity index (χ1v) is 9.56. The van der Waals surface area contributed by atoms with Gasteiger partial charge in [0.1, 0.15) is 11.4 Å². The number of pyridine rings is 1. The summed E-state index contributed by atoms with van der Waals surface area (Å²) in [5.41, 5.74) is 2.52. The molecule has 1 N–H and O–H groups in total. The van der Waals surface area contributed by atoms with Gasteiger partial charge in [0.2, 0.25) is 0 Å². The van der Waals surface area contributed by atoms with Crippen LogP contribution in [0.15, 0.2) is 36.4 Å². The largest absolute Gasteiger partial charge is 0.497 e. The summed E-state index contributed by atoms with van der Waals surface area (Å²) >= 11 is 0. The van der Waals surface area contributed by atoms with Gasteiger partial charge in [-0.25, -0.2) is 4.98 Å². The quantitative estimate of drug-likeness (QED) is 0.747. The van der Waals surface area contributed by atoms with Gasteiger partial charge in [-0.05, 0) is 47.6 Å². The summed E-state index contributed by atoms with van der Waals surface area (Å²) in [4.78, 5) is 29.5. The molecular weight excluding hydrogens is 356 g/mol. The maximum atomic E-state index is 12.9. The Morgan fingerprint density at radius 1 is 1.21 bits per heavy atom. The normalized spacial score (nSPS) is 22.4. The molecule has 4 rings (SSSR count). The van der Waals surface area contributed by atoms with Crippen molar-refractivity contribution < 1.29 is 19.1 Å². The van der Waals surface area contributed by atoms with Crippen molar-refractivity contribution in [3.63, 3.8) is 0 Å². The first kappa shape index (κ1) is 18.6. The van der Waals surface area contributed by atoms with Gasteiger partial charge in [-0.15, -0.1) is 0 Å². The van der Waals surface area contributed by atoms with Crippen LogP contribution in [0.2, 0.25) is 0 Å². The Bertz CT molecular complexity index is 901. The molecule has 0 radical (unpaired) electrons. The molecular formula is C22H24N2O4. The summed E-state index contributed by atoms with van der Waals surface area (Å²) in [6.45, 7) is 1.53. The molecule has 1 unspecified atom stereocenters. The number of hydrogen-bond donors (Lipinski definition) is 1. The summed E-state index contributed by atoms with van der Waals surface area (Å²) in [6, 6.07) is 11.1. The number of aromatic nitrogens is 1. The SMILES string of the molecule is CNC(=O)c1cc(C(=O)CC2[C@H]3COC[C@@H]23)cc(Cc2cccc(OC)c2)n1. The highest BCUT2D eigenvalue weighted by atomic mass is 16.5.